The van der Waals surface area contributed by atoms with Crippen molar-refractivity contribution in [2.45, 2.75) is 13.3 Å². The molecule has 4 rings (SSSR count). The Morgan fingerprint density at radius 3 is 2.96 bits per heavy atom. The number of benzene rings is 1. The minimum atomic E-state index is 0.457. The number of aryl methyl sites for hydroxylation is 1. The second-order valence-electron chi connectivity index (χ2n) is 5.96. The lowest BCUT2D eigenvalue weighted by Gasteiger charge is -2.10. The summed E-state index contributed by atoms with van der Waals surface area (Å²) in [6, 6.07) is 12.4. The molecule has 1 saturated heterocycles. The van der Waals surface area contributed by atoms with Crippen LogP contribution in [-0.2, 0) is 9.57 Å². The van der Waals surface area contributed by atoms with E-state index in [1.165, 1.54) is 10.4 Å². The predicted octanol–water partition coefficient (Wildman–Crippen LogP) is 4.05. The highest BCUT2D eigenvalue weighted by Crippen LogP contribution is 2.35. The Hall–Kier alpha value is -2.02. The number of fused-ring (bicyclic) bond motifs is 1. The molecule has 1 unspecified atom stereocenters. The van der Waals surface area contributed by atoms with E-state index >= 15 is 0 Å². The van der Waals surface area contributed by atoms with Crippen molar-refractivity contribution in [3.05, 3.63) is 42.2 Å². The molecule has 0 aliphatic carbocycles. The molecular weight excluding hydrogens is 322 g/mol. The molecule has 1 fully saturated rings. The molecule has 6 heteroatoms. The number of nitrogens with one attached hydrogen (secondary N) is 1. The van der Waals surface area contributed by atoms with Crippen LogP contribution in [0.2, 0.25) is 0 Å². The molecule has 0 radical (unpaired) electrons. The van der Waals surface area contributed by atoms with Crippen LogP contribution in [0.15, 0.2) is 36.4 Å². The summed E-state index contributed by atoms with van der Waals surface area (Å²) in [5, 5.41) is 0.993. The number of aromatic nitrogens is 2. The van der Waals surface area contributed by atoms with Gasteiger partial charge in [0.05, 0.1) is 18.6 Å². The zero-order chi connectivity index (χ0) is 16.4. The summed E-state index contributed by atoms with van der Waals surface area (Å²) < 4.78 is 5.37. The first-order chi connectivity index (χ1) is 11.8. The molecule has 0 saturated carbocycles. The number of rotatable bonds is 5. The average Bonchev–Trinajstić information content (AvgIpc) is 3.25. The molecule has 3 heterocycles. The van der Waals surface area contributed by atoms with Crippen molar-refractivity contribution in [3.8, 4) is 10.4 Å². The number of ether oxygens (including phenoxy) is 1. The lowest BCUT2D eigenvalue weighted by atomic mass is 10.1. The maximum absolute atomic E-state index is 5.67. The van der Waals surface area contributed by atoms with Crippen molar-refractivity contribution < 1.29 is 9.57 Å². The third kappa shape index (κ3) is 3.26. The minimum absolute atomic E-state index is 0.457. The van der Waals surface area contributed by atoms with Gasteiger partial charge in [0.2, 0.25) is 0 Å². The number of nitrogens with zero attached hydrogens (tertiary/aromatic N) is 2. The Kier molecular flexibility index (Phi) is 4.42. The summed E-state index contributed by atoms with van der Waals surface area (Å²) >= 11 is 1.67. The monoisotopic (exact) mass is 341 g/mol. The fourth-order valence-corrected chi connectivity index (χ4v) is 3.88. The molecule has 5 nitrogen and oxygen atoms in total. The van der Waals surface area contributed by atoms with E-state index in [2.05, 4.69) is 33.6 Å². The van der Waals surface area contributed by atoms with E-state index < -0.39 is 0 Å². The topological polar surface area (TPSA) is 56.3 Å². The number of hydrogen-bond acceptors (Lipinski definition) is 6. The van der Waals surface area contributed by atoms with Crippen molar-refractivity contribution in [2.24, 2.45) is 5.92 Å². The SMILES string of the molecule is Cc1nc(NOCC2CCOC2)c2cc(-c3ccccc3)sc2n1. The van der Waals surface area contributed by atoms with Crippen LogP contribution >= 0.6 is 11.3 Å². The highest BCUT2D eigenvalue weighted by atomic mass is 32.1. The van der Waals surface area contributed by atoms with Crippen molar-refractivity contribution >= 4 is 27.4 Å². The summed E-state index contributed by atoms with van der Waals surface area (Å²) in [4.78, 5) is 16.9. The molecule has 1 aliphatic heterocycles. The van der Waals surface area contributed by atoms with Crippen molar-refractivity contribution in [1.29, 1.82) is 0 Å². The lowest BCUT2D eigenvalue weighted by Crippen LogP contribution is -2.13. The average molecular weight is 341 g/mol. The van der Waals surface area contributed by atoms with Gasteiger partial charge in [-0.1, -0.05) is 30.3 Å². The third-order valence-electron chi connectivity index (χ3n) is 4.07. The van der Waals surface area contributed by atoms with Gasteiger partial charge in [0.25, 0.3) is 0 Å². The highest BCUT2D eigenvalue weighted by Gasteiger charge is 2.17. The van der Waals surface area contributed by atoms with Gasteiger partial charge in [-0.3, -0.25) is 4.84 Å². The zero-order valence-electron chi connectivity index (χ0n) is 13.5. The first-order valence-electron chi connectivity index (χ1n) is 8.09. The first-order valence-corrected chi connectivity index (χ1v) is 8.90. The molecule has 1 aromatic carbocycles. The van der Waals surface area contributed by atoms with E-state index in [1.54, 1.807) is 11.3 Å². The molecular formula is C18H19N3O2S. The Morgan fingerprint density at radius 2 is 2.17 bits per heavy atom. The zero-order valence-corrected chi connectivity index (χ0v) is 14.3. The fourth-order valence-electron chi connectivity index (χ4n) is 2.79. The molecule has 1 aliphatic rings. The van der Waals surface area contributed by atoms with Gasteiger partial charge in [-0.25, -0.2) is 15.4 Å². The van der Waals surface area contributed by atoms with Crippen molar-refractivity contribution in [2.75, 3.05) is 25.3 Å². The van der Waals surface area contributed by atoms with Crippen LogP contribution < -0.4 is 5.48 Å². The van der Waals surface area contributed by atoms with Gasteiger partial charge in [-0.05, 0) is 25.0 Å². The Labute approximate surface area is 144 Å². The van der Waals surface area contributed by atoms with Crippen LogP contribution in [0.1, 0.15) is 12.2 Å². The Morgan fingerprint density at radius 1 is 1.29 bits per heavy atom. The molecule has 0 bridgehead atoms. The van der Waals surface area contributed by atoms with E-state index in [1.807, 2.05) is 25.1 Å². The van der Waals surface area contributed by atoms with E-state index in [9.17, 15) is 0 Å². The summed E-state index contributed by atoms with van der Waals surface area (Å²) in [7, 11) is 0. The van der Waals surface area contributed by atoms with Gasteiger partial charge in [-0.2, -0.15) is 0 Å². The van der Waals surface area contributed by atoms with Crippen LogP contribution in [-0.4, -0.2) is 29.8 Å². The standard InChI is InChI=1S/C18H19N3O2S/c1-12-19-17(21-23-11-13-7-8-22-10-13)15-9-16(24-18(15)20-12)14-5-3-2-4-6-14/h2-6,9,13H,7-8,10-11H2,1H3,(H,19,20,21). The molecule has 24 heavy (non-hydrogen) atoms. The molecule has 0 spiro atoms. The van der Waals surface area contributed by atoms with Crippen LogP contribution in [0.5, 0.6) is 0 Å². The molecule has 1 N–H and O–H groups in total. The minimum Gasteiger partial charge on any atom is -0.381 e. The van der Waals surface area contributed by atoms with Gasteiger partial charge in [-0.15, -0.1) is 11.3 Å². The van der Waals surface area contributed by atoms with Crippen LogP contribution in [0.4, 0.5) is 5.82 Å². The smallest absolute Gasteiger partial charge is 0.162 e. The van der Waals surface area contributed by atoms with Gasteiger partial charge in [0, 0.05) is 17.4 Å². The second-order valence-corrected chi connectivity index (χ2v) is 6.99. The van der Waals surface area contributed by atoms with Crippen LogP contribution in [0.3, 0.4) is 0 Å². The van der Waals surface area contributed by atoms with Crippen molar-refractivity contribution in [1.82, 2.24) is 9.97 Å². The summed E-state index contributed by atoms with van der Waals surface area (Å²) in [5.41, 5.74) is 4.21. The summed E-state index contributed by atoms with van der Waals surface area (Å²) in [6.07, 6.45) is 1.05. The van der Waals surface area contributed by atoms with Gasteiger partial charge in [0.1, 0.15) is 10.7 Å². The summed E-state index contributed by atoms with van der Waals surface area (Å²) in [5.74, 6) is 1.92. The fraction of sp³-hybridized carbons (Fsp3) is 0.333. The molecule has 0 amide bonds. The van der Waals surface area contributed by atoms with Gasteiger partial charge >= 0.3 is 0 Å². The van der Waals surface area contributed by atoms with Crippen LogP contribution in [0, 0.1) is 12.8 Å². The Bertz CT molecular complexity index is 829. The number of thiophene rings is 1. The van der Waals surface area contributed by atoms with E-state index in [4.69, 9.17) is 9.57 Å². The summed E-state index contributed by atoms with van der Waals surface area (Å²) in [6.45, 7) is 4.13. The maximum atomic E-state index is 5.67. The van der Waals surface area contributed by atoms with E-state index in [-0.39, 0.29) is 0 Å². The third-order valence-corrected chi connectivity index (χ3v) is 5.15. The lowest BCUT2D eigenvalue weighted by molar-refractivity contribution is 0.126. The number of anilines is 1. The quantitative estimate of drug-likeness (QED) is 0.710. The number of hydrogen-bond donors (Lipinski definition) is 1. The molecule has 124 valence electrons. The molecule has 1 atom stereocenters. The van der Waals surface area contributed by atoms with Crippen molar-refractivity contribution in [3.63, 3.8) is 0 Å². The second kappa shape index (κ2) is 6.84. The highest BCUT2D eigenvalue weighted by molar-refractivity contribution is 7.21. The molecule has 3 aromatic rings. The van der Waals surface area contributed by atoms with Gasteiger partial charge in [0.15, 0.2) is 5.82 Å². The normalized spacial score (nSPS) is 17.5. The van der Waals surface area contributed by atoms with Gasteiger partial charge < -0.3 is 4.74 Å². The van der Waals surface area contributed by atoms with E-state index in [0.717, 1.165) is 41.5 Å². The predicted molar refractivity (Wildman–Crippen MR) is 96.1 cm³/mol. The molecule has 2 aromatic heterocycles. The van der Waals surface area contributed by atoms with Crippen LogP contribution in [0.25, 0.3) is 20.7 Å². The van der Waals surface area contributed by atoms with E-state index in [0.29, 0.717) is 12.5 Å². The Balaban J connectivity index is 1.58. The first kappa shape index (κ1) is 15.5. The largest absolute Gasteiger partial charge is 0.381 e. The maximum Gasteiger partial charge on any atom is 0.162 e.